The number of hydrogen-bond donors (Lipinski definition) is 0. The summed E-state index contributed by atoms with van der Waals surface area (Å²) in [5.41, 5.74) is 5.23. The highest BCUT2D eigenvalue weighted by Gasteiger charge is 2.32. The maximum atomic E-state index is 4.81. The Morgan fingerprint density at radius 1 is 0.897 bits per heavy atom. The molecule has 2 heteroatoms. The Labute approximate surface area is 175 Å². The molecule has 29 heavy (non-hydrogen) atoms. The summed E-state index contributed by atoms with van der Waals surface area (Å²) in [6.07, 6.45) is 4.03. The summed E-state index contributed by atoms with van der Waals surface area (Å²) in [7, 11) is 0. The molecule has 4 rings (SSSR count). The van der Waals surface area contributed by atoms with Gasteiger partial charge in [0.2, 0.25) is 0 Å². The minimum atomic E-state index is 0.0510. The van der Waals surface area contributed by atoms with Gasteiger partial charge in [0.1, 0.15) is 5.65 Å². The minimum Gasteiger partial charge on any atom is -0.299 e. The van der Waals surface area contributed by atoms with E-state index in [0.717, 1.165) is 5.65 Å². The van der Waals surface area contributed by atoms with Crippen LogP contribution in [0.5, 0.6) is 0 Å². The van der Waals surface area contributed by atoms with E-state index in [4.69, 9.17) is 4.98 Å². The fourth-order valence-corrected chi connectivity index (χ4v) is 4.74. The number of pyridine rings is 1. The molecule has 2 nitrogen and oxygen atoms in total. The second-order valence-corrected chi connectivity index (χ2v) is 10.6. The molecule has 0 radical (unpaired) electrons. The predicted octanol–water partition coefficient (Wildman–Crippen LogP) is 7.51. The number of fused-ring (bicyclic) bond motifs is 6. The largest absolute Gasteiger partial charge is 0.299 e. The lowest BCUT2D eigenvalue weighted by molar-refractivity contribution is 0.265. The molecule has 1 unspecified atom stereocenters. The van der Waals surface area contributed by atoms with Crippen LogP contribution in [-0.4, -0.2) is 9.38 Å². The van der Waals surface area contributed by atoms with Crippen molar-refractivity contribution in [2.75, 3.05) is 0 Å². The van der Waals surface area contributed by atoms with E-state index in [2.05, 4.69) is 102 Å². The average Bonchev–Trinajstić information content (AvgIpc) is 3.15. The zero-order valence-corrected chi connectivity index (χ0v) is 19.2. The van der Waals surface area contributed by atoms with Crippen molar-refractivity contribution in [3.8, 4) is 0 Å². The Hall–Kier alpha value is -2.35. The summed E-state index contributed by atoms with van der Waals surface area (Å²) < 4.78 is 2.27. The van der Waals surface area contributed by atoms with Gasteiger partial charge in [0, 0.05) is 23.2 Å². The predicted molar refractivity (Wildman–Crippen MR) is 126 cm³/mol. The summed E-state index contributed by atoms with van der Waals surface area (Å²) in [4.78, 5) is 4.81. The van der Waals surface area contributed by atoms with Crippen molar-refractivity contribution < 1.29 is 0 Å². The molecule has 0 aliphatic rings. The third-order valence-corrected chi connectivity index (χ3v) is 7.17. The molecular weight excluding hydrogens is 352 g/mol. The second kappa shape index (κ2) is 6.58. The number of hydrogen-bond acceptors (Lipinski definition) is 1. The molecule has 4 aromatic rings. The Morgan fingerprint density at radius 2 is 1.62 bits per heavy atom. The molecule has 152 valence electrons. The van der Waals surface area contributed by atoms with E-state index in [1.54, 1.807) is 0 Å². The average molecular weight is 387 g/mol. The van der Waals surface area contributed by atoms with Crippen molar-refractivity contribution >= 4 is 27.3 Å². The number of nitrogens with zero attached hydrogens (tertiary/aromatic N) is 2. The molecule has 0 spiro atoms. The van der Waals surface area contributed by atoms with E-state index in [0.29, 0.717) is 11.8 Å². The third-order valence-electron chi connectivity index (χ3n) is 7.17. The van der Waals surface area contributed by atoms with Crippen LogP contribution < -0.4 is 0 Å². The summed E-state index contributed by atoms with van der Waals surface area (Å²) in [6.45, 7) is 18.7. The van der Waals surface area contributed by atoms with Crippen LogP contribution in [0.4, 0.5) is 0 Å². The molecule has 0 aliphatic heterocycles. The van der Waals surface area contributed by atoms with Crippen molar-refractivity contribution in [2.45, 2.75) is 66.2 Å². The SMILES string of the molecule is CC(C)C(C)C(C)(C)c1cccc2c3cc(C(C)(C)C)ccc3n3ccnc3c12. The lowest BCUT2D eigenvalue weighted by Gasteiger charge is -2.36. The highest BCUT2D eigenvalue weighted by molar-refractivity contribution is 6.13. The quantitative estimate of drug-likeness (QED) is 0.333. The van der Waals surface area contributed by atoms with Gasteiger partial charge in [-0.25, -0.2) is 4.98 Å². The Balaban J connectivity index is 2.17. The molecule has 0 bridgehead atoms. The van der Waals surface area contributed by atoms with Gasteiger partial charge in [-0.05, 0) is 51.3 Å². The van der Waals surface area contributed by atoms with Crippen molar-refractivity contribution in [3.05, 3.63) is 59.9 Å². The first kappa shape index (κ1) is 19.9. The molecule has 0 saturated heterocycles. The summed E-state index contributed by atoms with van der Waals surface area (Å²) >= 11 is 0. The van der Waals surface area contributed by atoms with E-state index in [9.17, 15) is 0 Å². The van der Waals surface area contributed by atoms with Gasteiger partial charge in [-0.2, -0.15) is 0 Å². The van der Waals surface area contributed by atoms with Crippen LogP contribution in [0.15, 0.2) is 48.8 Å². The van der Waals surface area contributed by atoms with E-state index >= 15 is 0 Å². The molecule has 2 aromatic carbocycles. The first-order chi connectivity index (χ1) is 13.5. The molecule has 0 aliphatic carbocycles. The Bertz CT molecular complexity index is 1200. The highest BCUT2D eigenvalue weighted by atomic mass is 15.0. The van der Waals surface area contributed by atoms with Crippen molar-refractivity contribution in [1.82, 2.24) is 9.38 Å². The second-order valence-electron chi connectivity index (χ2n) is 10.6. The molecular formula is C27H34N2. The number of rotatable bonds is 3. The summed E-state index contributed by atoms with van der Waals surface area (Å²) in [6, 6.07) is 13.7. The van der Waals surface area contributed by atoms with Crippen molar-refractivity contribution in [2.24, 2.45) is 11.8 Å². The first-order valence-corrected chi connectivity index (χ1v) is 10.9. The molecule has 0 amide bonds. The third kappa shape index (κ3) is 3.04. The van der Waals surface area contributed by atoms with Crippen molar-refractivity contribution in [3.63, 3.8) is 0 Å². The van der Waals surface area contributed by atoms with Gasteiger partial charge >= 0.3 is 0 Å². The van der Waals surface area contributed by atoms with Crippen LogP contribution in [0.1, 0.15) is 66.5 Å². The molecule has 1 atom stereocenters. The molecule has 0 saturated carbocycles. The van der Waals surface area contributed by atoms with Gasteiger partial charge in [-0.3, -0.25) is 4.40 Å². The maximum Gasteiger partial charge on any atom is 0.145 e. The lowest BCUT2D eigenvalue weighted by Crippen LogP contribution is -2.30. The molecule has 2 heterocycles. The maximum absolute atomic E-state index is 4.81. The van der Waals surface area contributed by atoms with Gasteiger partial charge in [-0.1, -0.05) is 79.7 Å². The number of imidazole rings is 1. The van der Waals surface area contributed by atoms with E-state index in [-0.39, 0.29) is 10.8 Å². The monoisotopic (exact) mass is 386 g/mol. The molecule has 0 N–H and O–H groups in total. The zero-order chi connectivity index (χ0) is 21.1. The van der Waals surface area contributed by atoms with Gasteiger partial charge in [0.25, 0.3) is 0 Å². The van der Waals surface area contributed by atoms with Crippen molar-refractivity contribution in [1.29, 1.82) is 0 Å². The highest BCUT2D eigenvalue weighted by Crippen LogP contribution is 2.42. The van der Waals surface area contributed by atoms with Gasteiger partial charge in [0.15, 0.2) is 0 Å². The summed E-state index contributed by atoms with van der Waals surface area (Å²) in [5.74, 6) is 1.17. The van der Waals surface area contributed by atoms with Crippen LogP contribution in [0.3, 0.4) is 0 Å². The van der Waals surface area contributed by atoms with E-state index < -0.39 is 0 Å². The number of benzene rings is 2. The van der Waals surface area contributed by atoms with Crippen LogP contribution in [0.25, 0.3) is 27.3 Å². The topological polar surface area (TPSA) is 17.3 Å². The fraction of sp³-hybridized carbons (Fsp3) is 0.444. The number of aromatic nitrogens is 2. The molecule has 0 fully saturated rings. The van der Waals surface area contributed by atoms with Gasteiger partial charge in [-0.15, -0.1) is 0 Å². The lowest BCUT2D eigenvalue weighted by atomic mass is 9.68. The fourth-order valence-electron chi connectivity index (χ4n) is 4.74. The standard InChI is InChI=1S/C27H34N2/c1-17(2)18(3)27(7,8)22-11-9-10-20-21-16-19(26(4,5)6)12-13-23(21)29-15-14-28-25(29)24(20)22/h9-18H,1-8H3. The van der Waals surface area contributed by atoms with Gasteiger partial charge in [0.05, 0.1) is 5.52 Å². The van der Waals surface area contributed by atoms with Crippen LogP contribution >= 0.6 is 0 Å². The van der Waals surface area contributed by atoms with Crippen LogP contribution in [0, 0.1) is 11.8 Å². The van der Waals surface area contributed by atoms with Gasteiger partial charge < -0.3 is 0 Å². The minimum absolute atomic E-state index is 0.0510. The summed E-state index contributed by atoms with van der Waals surface area (Å²) in [5, 5.41) is 3.92. The van der Waals surface area contributed by atoms with Crippen LogP contribution in [0.2, 0.25) is 0 Å². The Morgan fingerprint density at radius 3 is 2.28 bits per heavy atom. The van der Waals surface area contributed by atoms with E-state index in [1.165, 1.54) is 32.8 Å². The first-order valence-electron chi connectivity index (χ1n) is 10.9. The van der Waals surface area contributed by atoms with Crippen LogP contribution in [-0.2, 0) is 10.8 Å². The zero-order valence-electron chi connectivity index (χ0n) is 19.2. The van der Waals surface area contributed by atoms with E-state index in [1.807, 2.05) is 6.20 Å². The molecule has 2 aromatic heterocycles. The normalized spacial score (nSPS) is 14.4. The smallest absolute Gasteiger partial charge is 0.145 e. The Kier molecular flexibility index (Phi) is 4.53.